The molecule has 1 aliphatic carbocycles. The summed E-state index contributed by atoms with van der Waals surface area (Å²) in [5.41, 5.74) is 7.16. The van der Waals surface area contributed by atoms with Crippen molar-refractivity contribution in [1.29, 1.82) is 0 Å². The van der Waals surface area contributed by atoms with Gasteiger partial charge in [-0.05, 0) is 54.7 Å². The number of pyridine rings is 2. The molecule has 2 aliphatic rings. The first-order valence-corrected chi connectivity index (χ1v) is 12.4. The molecule has 2 aromatic carbocycles. The second-order valence-corrected chi connectivity index (χ2v) is 9.88. The number of nitrogen functional groups attached to an aromatic ring is 1. The highest BCUT2D eigenvalue weighted by atomic mass is 19.1. The number of rotatable bonds is 5. The maximum atomic E-state index is 15.0. The van der Waals surface area contributed by atoms with Gasteiger partial charge in [-0.1, -0.05) is 12.1 Å². The molecular weight excluding hydrogens is 479 g/mol. The zero-order valence-electron chi connectivity index (χ0n) is 20.1. The quantitative estimate of drug-likeness (QED) is 0.382. The number of aromatic nitrogens is 2. The van der Waals surface area contributed by atoms with Gasteiger partial charge in [0.25, 0.3) is 5.56 Å². The maximum Gasteiger partial charge on any atom is 0.256 e. The van der Waals surface area contributed by atoms with Gasteiger partial charge in [-0.15, -0.1) is 0 Å². The Morgan fingerprint density at radius 3 is 2.32 bits per heavy atom. The van der Waals surface area contributed by atoms with E-state index in [1.54, 1.807) is 0 Å². The van der Waals surface area contributed by atoms with Crippen molar-refractivity contribution in [1.82, 2.24) is 14.9 Å². The van der Waals surface area contributed by atoms with E-state index < -0.39 is 23.1 Å². The molecule has 1 saturated heterocycles. The van der Waals surface area contributed by atoms with Gasteiger partial charge >= 0.3 is 0 Å². The van der Waals surface area contributed by atoms with Crippen molar-refractivity contribution >= 4 is 22.3 Å². The molecule has 0 amide bonds. The average Bonchev–Trinajstić information content (AvgIpc) is 3.71. The molecule has 1 saturated carbocycles. The van der Waals surface area contributed by atoms with Crippen molar-refractivity contribution in [2.24, 2.45) is 5.92 Å². The van der Waals surface area contributed by atoms with Gasteiger partial charge in [-0.25, -0.2) is 13.8 Å². The van der Waals surface area contributed by atoms with Crippen LogP contribution in [0.2, 0.25) is 0 Å². The third-order valence-corrected chi connectivity index (χ3v) is 7.36. The molecule has 3 N–H and O–H groups in total. The number of piperazine rings is 1. The number of anilines is 2. The lowest BCUT2D eigenvalue weighted by atomic mass is 9.98. The van der Waals surface area contributed by atoms with E-state index in [4.69, 9.17) is 5.73 Å². The number of aromatic amines is 1. The number of nitrogens with one attached hydrogen (secondary N) is 1. The number of benzene rings is 2. The predicted molar refractivity (Wildman–Crippen MR) is 139 cm³/mol. The van der Waals surface area contributed by atoms with Crippen molar-refractivity contribution < 1.29 is 13.2 Å². The van der Waals surface area contributed by atoms with Crippen LogP contribution in [0.4, 0.5) is 24.7 Å². The van der Waals surface area contributed by atoms with Gasteiger partial charge in [0.1, 0.15) is 17.5 Å². The van der Waals surface area contributed by atoms with Crippen molar-refractivity contribution in [3.05, 3.63) is 76.6 Å². The summed E-state index contributed by atoms with van der Waals surface area (Å²) in [4.78, 5) is 22.9. The van der Waals surface area contributed by atoms with E-state index >= 15 is 4.39 Å². The lowest BCUT2D eigenvalue weighted by Crippen LogP contribution is -2.47. The summed E-state index contributed by atoms with van der Waals surface area (Å²) in [6, 6.07) is 11.1. The summed E-state index contributed by atoms with van der Waals surface area (Å²) < 4.78 is 44.3. The Balaban J connectivity index is 1.30. The van der Waals surface area contributed by atoms with Gasteiger partial charge in [-0.2, -0.15) is 4.39 Å². The predicted octanol–water partition coefficient (Wildman–Crippen LogP) is 4.79. The highest BCUT2D eigenvalue weighted by Gasteiger charge is 2.26. The van der Waals surface area contributed by atoms with Crippen LogP contribution in [-0.2, 0) is 0 Å². The molecule has 9 heteroatoms. The average molecular weight is 506 g/mol. The topological polar surface area (TPSA) is 78.2 Å². The fraction of sp³-hybridized carbons (Fsp3) is 0.286. The molecule has 0 radical (unpaired) electrons. The standard InChI is InChI=1S/C28H26F3N5O/c29-24-13-23-21(25(30)14-33-28(23)37)12-20(24)22-11-19(26(31)34-27(22)32)17-3-5-18(6-4-17)36-9-7-35(8-10-36)15-16-1-2-16/h3-6,11-14,16H,1-2,7-10,15H2,(H2,32,34)(H,33,37). The third-order valence-electron chi connectivity index (χ3n) is 7.36. The van der Waals surface area contributed by atoms with Crippen LogP contribution in [-0.4, -0.2) is 47.6 Å². The smallest absolute Gasteiger partial charge is 0.256 e. The van der Waals surface area contributed by atoms with Crippen LogP contribution in [0.1, 0.15) is 12.8 Å². The van der Waals surface area contributed by atoms with Crippen LogP contribution in [0.25, 0.3) is 33.0 Å². The maximum absolute atomic E-state index is 15.0. The summed E-state index contributed by atoms with van der Waals surface area (Å²) in [5, 5.41) is -0.189. The first kappa shape index (κ1) is 23.5. The van der Waals surface area contributed by atoms with Gasteiger partial charge in [0.05, 0.1) is 5.39 Å². The SMILES string of the molecule is Nc1nc(F)c(-c2ccc(N3CCN(CC4CC4)CC3)cc2)cc1-c1cc2c(F)c[nH]c(=O)c2cc1F. The van der Waals surface area contributed by atoms with E-state index in [0.29, 0.717) is 5.56 Å². The number of nitrogens with two attached hydrogens (primary N) is 1. The van der Waals surface area contributed by atoms with Crippen LogP contribution >= 0.6 is 0 Å². The molecule has 0 bridgehead atoms. The lowest BCUT2D eigenvalue weighted by Gasteiger charge is -2.36. The van der Waals surface area contributed by atoms with E-state index in [9.17, 15) is 13.6 Å². The van der Waals surface area contributed by atoms with Crippen molar-refractivity contribution in [2.45, 2.75) is 12.8 Å². The van der Waals surface area contributed by atoms with E-state index in [1.807, 2.05) is 24.3 Å². The van der Waals surface area contributed by atoms with E-state index in [2.05, 4.69) is 19.8 Å². The van der Waals surface area contributed by atoms with Gasteiger partial charge in [0.2, 0.25) is 5.95 Å². The summed E-state index contributed by atoms with van der Waals surface area (Å²) >= 11 is 0. The zero-order chi connectivity index (χ0) is 25.7. The molecule has 37 heavy (non-hydrogen) atoms. The van der Waals surface area contributed by atoms with Crippen LogP contribution in [0.5, 0.6) is 0 Å². The van der Waals surface area contributed by atoms with Crippen LogP contribution in [0.15, 0.2) is 53.5 Å². The summed E-state index contributed by atoms with van der Waals surface area (Å²) in [5.74, 6) is -1.64. The third kappa shape index (κ3) is 4.55. The molecule has 2 fully saturated rings. The summed E-state index contributed by atoms with van der Waals surface area (Å²) in [7, 11) is 0. The van der Waals surface area contributed by atoms with Crippen molar-refractivity contribution in [2.75, 3.05) is 43.4 Å². The Kier molecular flexibility index (Phi) is 5.87. The lowest BCUT2D eigenvalue weighted by molar-refractivity contribution is 0.248. The van der Waals surface area contributed by atoms with Gasteiger partial charge in [0, 0.05) is 66.7 Å². The molecule has 0 atom stereocenters. The first-order valence-electron chi connectivity index (χ1n) is 12.4. The Hall–Kier alpha value is -3.85. The normalized spacial score (nSPS) is 16.5. The van der Waals surface area contributed by atoms with Gasteiger partial charge in [0.15, 0.2) is 0 Å². The minimum absolute atomic E-state index is 0.0630. The fourth-order valence-corrected chi connectivity index (χ4v) is 5.08. The van der Waals surface area contributed by atoms with E-state index in [0.717, 1.165) is 50.0 Å². The van der Waals surface area contributed by atoms with Crippen LogP contribution in [0.3, 0.4) is 0 Å². The van der Waals surface area contributed by atoms with E-state index in [1.165, 1.54) is 31.5 Å². The Morgan fingerprint density at radius 2 is 1.62 bits per heavy atom. The minimum Gasteiger partial charge on any atom is -0.383 e. The summed E-state index contributed by atoms with van der Waals surface area (Å²) in [6.07, 6.45) is 3.62. The highest BCUT2D eigenvalue weighted by molar-refractivity contribution is 5.90. The second-order valence-electron chi connectivity index (χ2n) is 9.88. The number of hydrogen-bond donors (Lipinski definition) is 2. The number of fused-ring (bicyclic) bond motifs is 1. The largest absolute Gasteiger partial charge is 0.383 e. The molecule has 6 rings (SSSR count). The zero-order valence-corrected chi connectivity index (χ0v) is 20.1. The molecule has 1 aliphatic heterocycles. The monoisotopic (exact) mass is 505 g/mol. The molecule has 3 heterocycles. The molecule has 0 spiro atoms. The van der Waals surface area contributed by atoms with Crippen molar-refractivity contribution in [3.8, 4) is 22.3 Å². The number of halogens is 3. The van der Waals surface area contributed by atoms with Gasteiger partial charge in [-0.3, -0.25) is 9.69 Å². The van der Waals surface area contributed by atoms with Gasteiger partial charge < -0.3 is 15.6 Å². The molecule has 2 aromatic heterocycles. The molecule has 4 aromatic rings. The Morgan fingerprint density at radius 1 is 0.892 bits per heavy atom. The fourth-order valence-electron chi connectivity index (χ4n) is 5.08. The van der Waals surface area contributed by atoms with E-state index in [-0.39, 0.29) is 33.3 Å². The Bertz CT molecular complexity index is 1540. The van der Waals surface area contributed by atoms with Crippen molar-refractivity contribution in [3.63, 3.8) is 0 Å². The molecule has 6 nitrogen and oxygen atoms in total. The molecule has 0 unspecified atom stereocenters. The highest BCUT2D eigenvalue weighted by Crippen LogP contribution is 2.35. The molecule has 190 valence electrons. The number of nitrogens with zero attached hydrogens (tertiary/aromatic N) is 3. The number of hydrogen-bond acceptors (Lipinski definition) is 5. The van der Waals surface area contributed by atoms with Crippen LogP contribution < -0.4 is 16.2 Å². The summed E-state index contributed by atoms with van der Waals surface area (Å²) in [6.45, 7) is 5.13. The van der Waals surface area contributed by atoms with Crippen LogP contribution in [0, 0.1) is 23.5 Å². The first-order chi connectivity index (χ1) is 17.9. The number of H-pyrrole nitrogens is 1. The molecular formula is C28H26F3N5O. The minimum atomic E-state index is -0.786. The second kappa shape index (κ2) is 9.23. The Labute approximate surface area is 211 Å².